The third-order valence-electron chi connectivity index (χ3n) is 4.68. The second-order valence-corrected chi connectivity index (χ2v) is 8.89. The first kappa shape index (κ1) is 19.0. The highest BCUT2D eigenvalue weighted by atomic mass is 32.2. The van der Waals surface area contributed by atoms with Gasteiger partial charge in [-0.1, -0.05) is 6.07 Å². The second kappa shape index (κ2) is 7.25. The van der Waals surface area contributed by atoms with E-state index in [1.807, 2.05) is 25.1 Å². The smallest absolute Gasteiger partial charge is 0.175 e. The molecule has 29 heavy (non-hydrogen) atoms. The lowest BCUT2D eigenvalue weighted by Gasteiger charge is -2.11. The maximum Gasteiger partial charge on any atom is 0.175 e. The Morgan fingerprint density at radius 2 is 1.66 bits per heavy atom. The van der Waals surface area contributed by atoms with Crippen molar-refractivity contribution < 1.29 is 12.8 Å². The van der Waals surface area contributed by atoms with E-state index < -0.39 is 9.84 Å². The number of halogens is 1. The van der Waals surface area contributed by atoms with Crippen LogP contribution in [0.4, 0.5) is 15.8 Å². The van der Waals surface area contributed by atoms with Gasteiger partial charge in [0.05, 0.1) is 11.1 Å². The number of anilines is 2. The zero-order valence-corrected chi connectivity index (χ0v) is 16.7. The van der Waals surface area contributed by atoms with Crippen molar-refractivity contribution in [2.45, 2.75) is 11.8 Å². The number of nitrogens with zero attached hydrogens (tertiary/aromatic N) is 2. The molecule has 5 nitrogen and oxygen atoms in total. The first-order valence-corrected chi connectivity index (χ1v) is 10.8. The molecule has 0 amide bonds. The lowest BCUT2D eigenvalue weighted by Crippen LogP contribution is -1.99. The van der Waals surface area contributed by atoms with Crippen molar-refractivity contribution in [3.05, 3.63) is 78.2 Å². The molecule has 0 radical (unpaired) electrons. The van der Waals surface area contributed by atoms with Gasteiger partial charge in [0.25, 0.3) is 0 Å². The summed E-state index contributed by atoms with van der Waals surface area (Å²) in [4.78, 5) is 0.276. The van der Waals surface area contributed by atoms with Crippen molar-refractivity contribution in [3.63, 3.8) is 0 Å². The van der Waals surface area contributed by atoms with Gasteiger partial charge in [0, 0.05) is 34.0 Å². The Morgan fingerprint density at radius 3 is 2.34 bits per heavy atom. The summed E-state index contributed by atoms with van der Waals surface area (Å²) in [6.07, 6.45) is 2.86. The van der Waals surface area contributed by atoms with Crippen LogP contribution in [0.5, 0.6) is 0 Å². The lowest BCUT2D eigenvalue weighted by atomic mass is 10.0. The molecule has 1 aromatic heterocycles. The predicted molar refractivity (Wildman–Crippen MR) is 113 cm³/mol. The van der Waals surface area contributed by atoms with Gasteiger partial charge in [-0.15, -0.1) is 5.10 Å². The SMILES string of the molecule is Cc1cc(S(C)(=O)=O)ccc1-c1nncc2cc(Nc3ccc(F)cc3)ccc12. The maximum atomic E-state index is 13.1. The summed E-state index contributed by atoms with van der Waals surface area (Å²) in [6, 6.07) is 16.9. The number of aromatic nitrogens is 2. The fourth-order valence-electron chi connectivity index (χ4n) is 3.20. The van der Waals surface area contributed by atoms with E-state index in [0.29, 0.717) is 5.69 Å². The van der Waals surface area contributed by atoms with Crippen LogP contribution in [0.3, 0.4) is 0 Å². The molecule has 0 spiro atoms. The van der Waals surface area contributed by atoms with Crippen molar-refractivity contribution in [1.82, 2.24) is 10.2 Å². The Labute approximate surface area is 168 Å². The molecule has 0 aliphatic rings. The number of nitrogens with one attached hydrogen (secondary N) is 1. The van der Waals surface area contributed by atoms with Gasteiger partial charge in [0.1, 0.15) is 11.5 Å². The number of aryl methyl sites for hydroxylation is 1. The molecule has 4 aromatic rings. The first-order chi connectivity index (χ1) is 13.8. The molecular weight excluding hydrogens is 389 g/mol. The number of rotatable bonds is 4. The van der Waals surface area contributed by atoms with E-state index in [2.05, 4.69) is 15.5 Å². The van der Waals surface area contributed by atoms with Gasteiger partial charge in [-0.25, -0.2) is 12.8 Å². The molecule has 0 unspecified atom stereocenters. The third-order valence-corrected chi connectivity index (χ3v) is 5.79. The van der Waals surface area contributed by atoms with Crippen molar-refractivity contribution in [2.24, 2.45) is 0 Å². The minimum Gasteiger partial charge on any atom is -0.356 e. The van der Waals surface area contributed by atoms with Gasteiger partial charge in [0.2, 0.25) is 0 Å². The van der Waals surface area contributed by atoms with Crippen LogP contribution in [-0.2, 0) is 9.84 Å². The first-order valence-electron chi connectivity index (χ1n) is 8.90. The van der Waals surface area contributed by atoms with Crippen LogP contribution in [0.15, 0.2) is 71.8 Å². The highest BCUT2D eigenvalue weighted by Crippen LogP contribution is 2.31. The van der Waals surface area contributed by atoms with Crippen molar-refractivity contribution >= 4 is 32.0 Å². The molecule has 146 valence electrons. The molecule has 1 N–H and O–H groups in total. The van der Waals surface area contributed by atoms with Gasteiger partial charge in [0.15, 0.2) is 9.84 Å². The van der Waals surface area contributed by atoms with Crippen molar-refractivity contribution in [3.8, 4) is 11.3 Å². The quantitative estimate of drug-likeness (QED) is 0.521. The Hall–Kier alpha value is -3.32. The number of sulfone groups is 1. The molecule has 3 aromatic carbocycles. The van der Waals surface area contributed by atoms with Gasteiger partial charge < -0.3 is 5.32 Å². The van der Waals surface area contributed by atoms with Crippen LogP contribution in [0.2, 0.25) is 0 Å². The normalized spacial score (nSPS) is 11.6. The minimum atomic E-state index is -3.27. The summed E-state index contributed by atoms with van der Waals surface area (Å²) in [6.45, 7) is 1.86. The van der Waals surface area contributed by atoms with E-state index >= 15 is 0 Å². The molecule has 4 rings (SSSR count). The van der Waals surface area contributed by atoms with E-state index in [4.69, 9.17) is 0 Å². The number of hydrogen-bond donors (Lipinski definition) is 1. The number of hydrogen-bond acceptors (Lipinski definition) is 5. The Balaban J connectivity index is 1.74. The van der Waals surface area contributed by atoms with Gasteiger partial charge in [-0.3, -0.25) is 0 Å². The van der Waals surface area contributed by atoms with Crippen molar-refractivity contribution in [2.75, 3.05) is 11.6 Å². The van der Waals surface area contributed by atoms with Gasteiger partial charge >= 0.3 is 0 Å². The van der Waals surface area contributed by atoms with E-state index in [1.54, 1.807) is 36.5 Å². The molecule has 0 saturated carbocycles. The van der Waals surface area contributed by atoms with Crippen molar-refractivity contribution in [1.29, 1.82) is 0 Å². The molecule has 0 aliphatic carbocycles. The van der Waals surface area contributed by atoms with Crippen LogP contribution < -0.4 is 5.32 Å². The summed E-state index contributed by atoms with van der Waals surface area (Å²) in [5.41, 5.74) is 3.94. The zero-order chi connectivity index (χ0) is 20.6. The highest BCUT2D eigenvalue weighted by molar-refractivity contribution is 7.90. The molecule has 0 bridgehead atoms. The summed E-state index contributed by atoms with van der Waals surface area (Å²) in [5.74, 6) is -0.286. The summed E-state index contributed by atoms with van der Waals surface area (Å²) >= 11 is 0. The van der Waals surface area contributed by atoms with Crippen LogP contribution in [0, 0.1) is 12.7 Å². The Morgan fingerprint density at radius 1 is 0.931 bits per heavy atom. The molecule has 0 aliphatic heterocycles. The average molecular weight is 407 g/mol. The fraction of sp³-hybridized carbons (Fsp3) is 0.0909. The van der Waals surface area contributed by atoms with Gasteiger partial charge in [-0.05, 0) is 67.1 Å². The number of fused-ring (bicyclic) bond motifs is 1. The summed E-state index contributed by atoms with van der Waals surface area (Å²) in [5, 5.41) is 13.4. The molecule has 0 atom stereocenters. The van der Waals surface area contributed by atoms with E-state index in [0.717, 1.165) is 33.3 Å². The maximum absolute atomic E-state index is 13.1. The van der Waals surface area contributed by atoms with E-state index in [1.165, 1.54) is 18.4 Å². The number of benzene rings is 3. The van der Waals surface area contributed by atoms with Crippen LogP contribution in [-0.4, -0.2) is 24.9 Å². The third kappa shape index (κ3) is 3.95. The van der Waals surface area contributed by atoms with Crippen LogP contribution in [0.1, 0.15) is 5.56 Å². The molecule has 0 saturated heterocycles. The van der Waals surface area contributed by atoms with Crippen LogP contribution in [0.25, 0.3) is 22.0 Å². The largest absolute Gasteiger partial charge is 0.356 e. The van der Waals surface area contributed by atoms with E-state index in [9.17, 15) is 12.8 Å². The second-order valence-electron chi connectivity index (χ2n) is 6.88. The molecule has 0 fully saturated rings. The molecular formula is C22H18FN3O2S. The monoisotopic (exact) mass is 407 g/mol. The van der Waals surface area contributed by atoms with Crippen LogP contribution >= 0.6 is 0 Å². The average Bonchev–Trinajstić information content (AvgIpc) is 2.68. The minimum absolute atomic E-state index is 0.276. The molecule has 7 heteroatoms. The Kier molecular flexibility index (Phi) is 4.76. The topological polar surface area (TPSA) is 72.0 Å². The van der Waals surface area contributed by atoms with Gasteiger partial charge in [-0.2, -0.15) is 5.10 Å². The molecule has 1 heterocycles. The summed E-state index contributed by atoms with van der Waals surface area (Å²) in [7, 11) is -3.27. The zero-order valence-electron chi connectivity index (χ0n) is 15.8. The predicted octanol–water partition coefficient (Wildman–Crippen LogP) is 4.89. The highest BCUT2D eigenvalue weighted by Gasteiger charge is 2.13. The fourth-order valence-corrected chi connectivity index (χ4v) is 3.90. The summed E-state index contributed by atoms with van der Waals surface area (Å²) < 4.78 is 36.7. The standard InChI is InChI=1S/C22H18FN3O2S/c1-14-11-19(29(2,27)28)8-10-20(14)22-21-9-7-18(12-15(21)13-24-26-22)25-17-5-3-16(23)4-6-17/h3-13,25H,1-2H3. The lowest BCUT2D eigenvalue weighted by molar-refractivity contribution is 0.602. The van der Waals surface area contributed by atoms with E-state index in [-0.39, 0.29) is 10.7 Å². The Bertz CT molecular complexity index is 1320.